The standard InChI is InChI=1S/C17H17ClN2O3/c1-3-16(21)20(14-8-12(18)6-7-15(14)22-2)10-13-9-19-17(23-13)11-4-5-11/h3,6-9,11H,1,4-5,10H2,2H3. The summed E-state index contributed by atoms with van der Waals surface area (Å²) in [5.74, 6) is 2.06. The Bertz CT molecular complexity index is 737. The fraction of sp³-hybridized carbons (Fsp3) is 0.294. The molecule has 0 spiro atoms. The normalized spacial score (nSPS) is 13.7. The number of aromatic nitrogens is 1. The molecular formula is C17H17ClN2O3. The Kier molecular flexibility index (Phi) is 4.39. The number of benzene rings is 1. The number of oxazole rings is 1. The van der Waals surface area contributed by atoms with E-state index < -0.39 is 0 Å². The van der Waals surface area contributed by atoms with Crippen LogP contribution >= 0.6 is 11.6 Å². The molecule has 1 amide bonds. The van der Waals surface area contributed by atoms with Gasteiger partial charge in [-0.25, -0.2) is 4.98 Å². The molecule has 1 heterocycles. The van der Waals surface area contributed by atoms with Gasteiger partial charge >= 0.3 is 0 Å². The predicted octanol–water partition coefficient (Wildman–Crippen LogP) is 3.93. The fourth-order valence-electron chi connectivity index (χ4n) is 2.34. The second-order valence-corrected chi connectivity index (χ2v) is 5.82. The third-order valence-corrected chi connectivity index (χ3v) is 3.92. The van der Waals surface area contributed by atoms with Gasteiger partial charge in [-0.15, -0.1) is 0 Å². The van der Waals surface area contributed by atoms with Gasteiger partial charge in [-0.1, -0.05) is 18.2 Å². The molecule has 3 rings (SSSR count). The zero-order valence-corrected chi connectivity index (χ0v) is 13.5. The van der Waals surface area contributed by atoms with Crippen LogP contribution in [0.3, 0.4) is 0 Å². The zero-order valence-electron chi connectivity index (χ0n) is 12.8. The number of carbonyl (C=O) groups excluding carboxylic acids is 1. The molecule has 6 heteroatoms. The van der Waals surface area contributed by atoms with Crippen molar-refractivity contribution in [1.29, 1.82) is 0 Å². The third-order valence-electron chi connectivity index (χ3n) is 3.68. The van der Waals surface area contributed by atoms with Gasteiger partial charge in [-0.05, 0) is 37.1 Å². The minimum Gasteiger partial charge on any atom is -0.495 e. The summed E-state index contributed by atoms with van der Waals surface area (Å²) >= 11 is 6.07. The van der Waals surface area contributed by atoms with E-state index in [9.17, 15) is 4.79 Å². The van der Waals surface area contributed by atoms with Crippen molar-refractivity contribution >= 4 is 23.2 Å². The largest absolute Gasteiger partial charge is 0.495 e. The highest BCUT2D eigenvalue weighted by Gasteiger charge is 2.29. The van der Waals surface area contributed by atoms with Crippen LogP contribution in [-0.2, 0) is 11.3 Å². The number of methoxy groups -OCH3 is 1. The summed E-state index contributed by atoms with van der Waals surface area (Å²) in [6.07, 6.45) is 5.13. The Labute approximate surface area is 139 Å². The number of halogens is 1. The third kappa shape index (κ3) is 3.40. The average Bonchev–Trinajstić information content (AvgIpc) is 3.31. The van der Waals surface area contributed by atoms with E-state index in [-0.39, 0.29) is 12.5 Å². The van der Waals surface area contributed by atoms with Crippen LogP contribution in [0.25, 0.3) is 0 Å². The van der Waals surface area contributed by atoms with E-state index in [0.29, 0.717) is 28.1 Å². The Balaban J connectivity index is 1.92. The Morgan fingerprint density at radius 2 is 2.35 bits per heavy atom. The number of hydrogen-bond acceptors (Lipinski definition) is 4. The molecule has 1 aromatic heterocycles. The molecule has 1 aromatic carbocycles. The van der Waals surface area contributed by atoms with Crippen LogP contribution in [0.4, 0.5) is 5.69 Å². The molecule has 120 valence electrons. The van der Waals surface area contributed by atoms with Crippen molar-refractivity contribution < 1.29 is 13.9 Å². The highest BCUT2D eigenvalue weighted by Crippen LogP contribution is 2.40. The quantitative estimate of drug-likeness (QED) is 0.752. The summed E-state index contributed by atoms with van der Waals surface area (Å²) in [5.41, 5.74) is 0.564. The van der Waals surface area contributed by atoms with E-state index in [2.05, 4.69) is 11.6 Å². The van der Waals surface area contributed by atoms with Crippen LogP contribution < -0.4 is 9.64 Å². The SMILES string of the molecule is C=CC(=O)N(Cc1cnc(C2CC2)o1)c1cc(Cl)ccc1OC. The van der Waals surface area contributed by atoms with Crippen LogP contribution in [0, 0.1) is 0 Å². The molecule has 0 saturated heterocycles. The number of nitrogens with zero attached hydrogens (tertiary/aromatic N) is 2. The van der Waals surface area contributed by atoms with Gasteiger partial charge in [0.15, 0.2) is 5.89 Å². The van der Waals surface area contributed by atoms with Gasteiger partial charge in [0.25, 0.3) is 5.91 Å². The lowest BCUT2D eigenvalue weighted by Gasteiger charge is -2.22. The van der Waals surface area contributed by atoms with Gasteiger partial charge in [0.05, 0.1) is 25.5 Å². The number of ether oxygens (including phenoxy) is 1. The summed E-state index contributed by atoms with van der Waals surface area (Å²) in [6.45, 7) is 3.80. The highest BCUT2D eigenvalue weighted by atomic mass is 35.5. The van der Waals surface area contributed by atoms with E-state index in [0.717, 1.165) is 18.7 Å². The monoisotopic (exact) mass is 332 g/mol. The number of hydrogen-bond donors (Lipinski definition) is 0. The minimum atomic E-state index is -0.269. The molecule has 23 heavy (non-hydrogen) atoms. The van der Waals surface area contributed by atoms with Crippen molar-refractivity contribution in [2.24, 2.45) is 0 Å². The second kappa shape index (κ2) is 6.46. The van der Waals surface area contributed by atoms with Crippen molar-refractivity contribution in [1.82, 2.24) is 4.98 Å². The van der Waals surface area contributed by atoms with E-state index in [4.69, 9.17) is 20.8 Å². The summed E-state index contributed by atoms with van der Waals surface area (Å²) in [4.78, 5) is 18.1. The molecule has 0 unspecified atom stereocenters. The maximum absolute atomic E-state index is 12.3. The molecule has 0 atom stereocenters. The van der Waals surface area contributed by atoms with Gasteiger partial charge < -0.3 is 9.15 Å². The first-order valence-corrected chi connectivity index (χ1v) is 7.72. The lowest BCUT2D eigenvalue weighted by Crippen LogP contribution is -2.28. The number of rotatable bonds is 6. The first-order valence-electron chi connectivity index (χ1n) is 7.34. The minimum absolute atomic E-state index is 0.237. The molecule has 0 bridgehead atoms. The summed E-state index contributed by atoms with van der Waals surface area (Å²) < 4.78 is 11.1. The van der Waals surface area contributed by atoms with Gasteiger partial charge in [-0.2, -0.15) is 0 Å². The topological polar surface area (TPSA) is 55.6 Å². The predicted molar refractivity (Wildman–Crippen MR) is 87.9 cm³/mol. The van der Waals surface area contributed by atoms with Crippen LogP contribution in [0.5, 0.6) is 5.75 Å². The van der Waals surface area contributed by atoms with E-state index in [1.54, 1.807) is 31.5 Å². The summed E-state index contributed by atoms with van der Waals surface area (Å²) in [5, 5.41) is 0.513. The smallest absolute Gasteiger partial charge is 0.250 e. The van der Waals surface area contributed by atoms with E-state index in [1.807, 2.05) is 0 Å². The molecule has 1 aliphatic carbocycles. The molecule has 1 saturated carbocycles. The first kappa shape index (κ1) is 15.6. The van der Waals surface area contributed by atoms with Gasteiger partial charge in [-0.3, -0.25) is 9.69 Å². The van der Waals surface area contributed by atoms with Crippen LogP contribution in [0.1, 0.15) is 30.4 Å². The molecule has 0 aliphatic heterocycles. The van der Waals surface area contributed by atoms with Crippen molar-refractivity contribution in [2.45, 2.75) is 25.3 Å². The Hall–Kier alpha value is -2.27. The van der Waals surface area contributed by atoms with Gasteiger partial charge in [0.1, 0.15) is 11.5 Å². The molecule has 2 aromatic rings. The van der Waals surface area contributed by atoms with Crippen molar-refractivity contribution in [3.63, 3.8) is 0 Å². The average molecular weight is 333 g/mol. The Morgan fingerprint density at radius 3 is 3.00 bits per heavy atom. The molecule has 5 nitrogen and oxygen atoms in total. The van der Waals surface area contributed by atoms with Crippen LogP contribution in [-0.4, -0.2) is 18.0 Å². The summed E-state index contributed by atoms with van der Waals surface area (Å²) in [6, 6.07) is 5.11. The van der Waals surface area contributed by atoms with Gasteiger partial charge in [0, 0.05) is 10.9 Å². The van der Waals surface area contributed by atoms with Crippen molar-refractivity contribution in [3.8, 4) is 5.75 Å². The van der Waals surface area contributed by atoms with E-state index >= 15 is 0 Å². The Morgan fingerprint density at radius 1 is 1.57 bits per heavy atom. The molecule has 0 radical (unpaired) electrons. The fourth-order valence-corrected chi connectivity index (χ4v) is 2.50. The van der Waals surface area contributed by atoms with Crippen molar-refractivity contribution in [2.75, 3.05) is 12.0 Å². The molecule has 1 aliphatic rings. The zero-order chi connectivity index (χ0) is 16.4. The lowest BCUT2D eigenvalue weighted by molar-refractivity contribution is -0.114. The number of carbonyl (C=O) groups is 1. The summed E-state index contributed by atoms with van der Waals surface area (Å²) in [7, 11) is 1.54. The maximum atomic E-state index is 12.3. The van der Waals surface area contributed by atoms with Crippen LogP contribution in [0.15, 0.2) is 41.5 Å². The van der Waals surface area contributed by atoms with E-state index in [1.165, 1.54) is 11.0 Å². The van der Waals surface area contributed by atoms with Crippen molar-refractivity contribution in [3.05, 3.63) is 53.7 Å². The second-order valence-electron chi connectivity index (χ2n) is 5.38. The first-order chi connectivity index (χ1) is 11.1. The molecular weight excluding hydrogens is 316 g/mol. The highest BCUT2D eigenvalue weighted by molar-refractivity contribution is 6.31. The maximum Gasteiger partial charge on any atom is 0.250 e. The number of amides is 1. The number of anilines is 1. The molecule has 1 fully saturated rings. The lowest BCUT2D eigenvalue weighted by atomic mass is 10.2. The van der Waals surface area contributed by atoms with Gasteiger partial charge in [0.2, 0.25) is 0 Å². The van der Waals surface area contributed by atoms with Crippen LogP contribution in [0.2, 0.25) is 5.02 Å². The molecule has 0 N–H and O–H groups in total.